The largest absolute Gasteiger partial charge is 1.00 e. The first-order chi connectivity index (χ1) is 1.73. The van der Waals surface area contributed by atoms with Crippen LogP contribution >= 0.6 is 8.25 Å². The summed E-state index contributed by atoms with van der Waals surface area (Å²) in [5.41, 5.74) is 0. The van der Waals surface area contributed by atoms with Crippen molar-refractivity contribution in [2.75, 3.05) is 0 Å². The fraction of sp³-hybridized carbons (Fsp3) is 0. The van der Waals surface area contributed by atoms with E-state index in [1.165, 1.54) is 0 Å². The van der Waals surface area contributed by atoms with E-state index >= 15 is 0 Å². The molecule has 0 saturated heterocycles. The van der Waals surface area contributed by atoms with Gasteiger partial charge < -0.3 is 1.43 Å². The molecule has 6 heteroatoms. The molecule has 0 radical (unpaired) electrons. The van der Waals surface area contributed by atoms with Gasteiger partial charge in [0.05, 0.1) is 0 Å². The Balaban J connectivity index is -0.0000000150. The fourth-order valence-corrected chi connectivity index (χ4v) is 0. The average molecular weight is 145 g/mol. The van der Waals surface area contributed by atoms with Gasteiger partial charge in [0, 0.05) is 21.6 Å². The van der Waals surface area contributed by atoms with Gasteiger partial charge in [0.25, 0.3) is 0 Å². The molecule has 0 unspecified atom stereocenters. The van der Waals surface area contributed by atoms with Crippen LogP contribution in [0.1, 0.15) is 1.43 Å². The van der Waals surface area contributed by atoms with E-state index in [0.717, 1.165) is 0 Å². The van der Waals surface area contributed by atoms with E-state index in [0.29, 0.717) is 0 Å². The smallest absolute Gasteiger partial charge is 1.00 e. The summed E-state index contributed by atoms with van der Waals surface area (Å²) in [6.07, 6.45) is 0. The molecule has 0 saturated carbocycles. The third-order valence-corrected chi connectivity index (χ3v) is 0. The van der Waals surface area contributed by atoms with Crippen molar-refractivity contribution >= 4 is 8.25 Å². The normalized spacial score (nSPS) is 4.33. The molecule has 0 aromatic heterocycles. The van der Waals surface area contributed by atoms with E-state index < -0.39 is 8.25 Å². The predicted molar refractivity (Wildman–Crippen MR) is 13.2 cm³/mol. The fourth-order valence-electron chi connectivity index (χ4n) is 0. The molecule has 2 N–H and O–H groups in total. The number of hydrogen-bond acceptors (Lipinski definition) is 1. The van der Waals surface area contributed by atoms with Gasteiger partial charge in [0.15, 0.2) is 0 Å². The summed E-state index contributed by atoms with van der Waals surface area (Å²) in [5.74, 6) is 0. The van der Waals surface area contributed by atoms with Crippen molar-refractivity contribution in [1.82, 2.24) is 0 Å². The first kappa shape index (κ1) is 15.7. The molecule has 0 fully saturated rings. The minimum atomic E-state index is -2.87. The average Bonchev–Trinajstić information content (AvgIpc) is 0.811. The summed E-state index contributed by atoms with van der Waals surface area (Å²) >= 11 is 0. The van der Waals surface area contributed by atoms with Gasteiger partial charge in [-0.25, -0.2) is 0 Å². The van der Waals surface area contributed by atoms with Crippen molar-refractivity contribution in [1.29, 1.82) is 0 Å². The zero-order valence-corrected chi connectivity index (χ0v) is 5.10. The van der Waals surface area contributed by atoms with Gasteiger partial charge in [0.1, 0.15) is 0 Å². The SMILES string of the molecule is O=[P+](O)O.[Fe].[H-].[Li+]. The van der Waals surface area contributed by atoms with Crippen molar-refractivity contribution in [2.24, 2.45) is 0 Å². The number of hydrogen-bond donors (Lipinski definition) is 2. The van der Waals surface area contributed by atoms with Crippen LogP contribution in [0.3, 0.4) is 0 Å². The second-order valence-electron chi connectivity index (χ2n) is 0.253. The Hall–Kier alpha value is 1.14. The molecule has 0 atom stereocenters. The van der Waals surface area contributed by atoms with E-state index in [1.54, 1.807) is 0 Å². The molecule has 0 rings (SSSR count). The van der Waals surface area contributed by atoms with Gasteiger partial charge in [-0.3, -0.25) is 0 Å². The standard InChI is InChI=1S/Fe.Li.HO3P.H/c;;1-4(2)3;/h;;(H-,1,2,3);/q;+1;;-1/p+1. The maximum Gasteiger partial charge on any atom is 1.00 e. The van der Waals surface area contributed by atoms with Crippen LogP contribution in [0.2, 0.25) is 0 Å². The Morgan fingerprint density at radius 1 is 1.50 bits per heavy atom. The van der Waals surface area contributed by atoms with Crippen LogP contribution in [0.25, 0.3) is 0 Å². The van der Waals surface area contributed by atoms with Crippen LogP contribution in [-0.4, -0.2) is 9.79 Å². The van der Waals surface area contributed by atoms with Gasteiger partial charge in [-0.1, -0.05) is 0 Å². The van der Waals surface area contributed by atoms with Crippen molar-refractivity contribution in [3.05, 3.63) is 0 Å². The summed E-state index contributed by atoms with van der Waals surface area (Å²) in [5, 5.41) is 0. The van der Waals surface area contributed by atoms with E-state index in [2.05, 4.69) is 0 Å². The van der Waals surface area contributed by atoms with Crippen LogP contribution in [0.15, 0.2) is 0 Å². The maximum atomic E-state index is 8.70. The molecule has 34 valence electrons. The molecule has 0 aliphatic heterocycles. The minimum Gasteiger partial charge on any atom is -1.00 e. The zero-order valence-electron chi connectivity index (χ0n) is 4.10. The van der Waals surface area contributed by atoms with Crippen LogP contribution in [0, 0.1) is 0 Å². The quantitative estimate of drug-likeness (QED) is 0.278. The van der Waals surface area contributed by atoms with Gasteiger partial charge >= 0.3 is 27.1 Å². The molecule has 6 heavy (non-hydrogen) atoms. The van der Waals surface area contributed by atoms with E-state index in [9.17, 15) is 0 Å². The number of rotatable bonds is 0. The second kappa shape index (κ2) is 9.46. The summed E-state index contributed by atoms with van der Waals surface area (Å²) < 4.78 is 8.70. The van der Waals surface area contributed by atoms with Crippen molar-refractivity contribution in [3.8, 4) is 0 Å². The monoisotopic (exact) mass is 145 g/mol. The van der Waals surface area contributed by atoms with Crippen molar-refractivity contribution in [3.63, 3.8) is 0 Å². The second-order valence-corrected chi connectivity index (χ2v) is 0.758. The first-order valence-electron chi connectivity index (χ1n) is 0.583. The van der Waals surface area contributed by atoms with E-state index in [1.807, 2.05) is 0 Å². The summed E-state index contributed by atoms with van der Waals surface area (Å²) in [6, 6.07) is 0. The summed E-state index contributed by atoms with van der Waals surface area (Å²) in [7, 11) is -2.87. The van der Waals surface area contributed by atoms with Gasteiger partial charge in [0.2, 0.25) is 0 Å². The molecular weight excluding hydrogens is 142 g/mol. The van der Waals surface area contributed by atoms with Crippen molar-refractivity contribution in [2.45, 2.75) is 0 Å². The van der Waals surface area contributed by atoms with Crippen LogP contribution in [0.5, 0.6) is 0 Å². The molecule has 0 aromatic rings. The molecule has 0 bridgehead atoms. The minimum absolute atomic E-state index is 0. The van der Waals surface area contributed by atoms with Crippen molar-refractivity contribution < 1.29 is 51.7 Å². The molecule has 0 amide bonds. The Morgan fingerprint density at radius 3 is 1.50 bits per heavy atom. The van der Waals surface area contributed by atoms with Crippen LogP contribution in [0.4, 0.5) is 0 Å². The Bertz CT molecular complexity index is 37.9. The molecule has 3 nitrogen and oxygen atoms in total. The summed E-state index contributed by atoms with van der Waals surface area (Å²) in [4.78, 5) is 14.2. The molecule has 0 aromatic carbocycles. The molecule has 0 aliphatic carbocycles. The van der Waals surface area contributed by atoms with Crippen LogP contribution in [-0.2, 0) is 21.6 Å². The third kappa shape index (κ3) is 68.0. The third-order valence-electron chi connectivity index (χ3n) is 0. The van der Waals surface area contributed by atoms with Gasteiger partial charge in [-0.05, 0) is 0 Å². The molecule has 0 spiro atoms. The van der Waals surface area contributed by atoms with E-state index in [4.69, 9.17) is 14.4 Å². The Kier molecular flexibility index (Phi) is 24.8. The Morgan fingerprint density at radius 2 is 1.50 bits per heavy atom. The molecule has 0 heterocycles. The first-order valence-corrected chi connectivity index (χ1v) is 1.75. The summed E-state index contributed by atoms with van der Waals surface area (Å²) in [6.45, 7) is 0. The van der Waals surface area contributed by atoms with Crippen LogP contribution < -0.4 is 18.9 Å². The zero-order chi connectivity index (χ0) is 3.58. The van der Waals surface area contributed by atoms with E-state index in [-0.39, 0.29) is 37.4 Å². The van der Waals surface area contributed by atoms with Gasteiger partial charge in [-0.15, -0.1) is 9.79 Å². The Labute approximate surface area is 60.2 Å². The maximum absolute atomic E-state index is 8.70. The molecule has 0 aliphatic rings. The predicted octanol–water partition coefficient (Wildman–Crippen LogP) is -3.26. The molecular formula is H3FeLiO3P+. The topological polar surface area (TPSA) is 57.5 Å². The van der Waals surface area contributed by atoms with Gasteiger partial charge in [-0.2, -0.15) is 0 Å².